The minimum absolute atomic E-state index is 0.281. The Kier molecular flexibility index (Phi) is 6.13. The van der Waals surface area contributed by atoms with Gasteiger partial charge in [0.15, 0.2) is 0 Å². The third kappa shape index (κ3) is 3.87. The largest absolute Gasteiger partial charge is 0.311 e. The number of nitrogens with one attached hydrogen (secondary N) is 1. The molecule has 2 rings (SSSR count). The SMILES string of the molecule is CCCn1ncc(Br)c1C(CSc1ccccc1)NC. The Bertz CT molecular complexity index is 527. The highest BCUT2D eigenvalue weighted by Gasteiger charge is 2.18. The topological polar surface area (TPSA) is 29.9 Å². The molecule has 0 amide bonds. The van der Waals surface area contributed by atoms with Crippen molar-refractivity contribution in [3.05, 3.63) is 46.7 Å². The molecule has 0 fully saturated rings. The first kappa shape index (κ1) is 15.6. The van der Waals surface area contributed by atoms with Crippen molar-refractivity contribution in [2.24, 2.45) is 0 Å². The molecular weight excluding hydrogens is 334 g/mol. The summed E-state index contributed by atoms with van der Waals surface area (Å²) in [5.41, 5.74) is 1.23. The van der Waals surface area contributed by atoms with Gasteiger partial charge in [-0.1, -0.05) is 25.1 Å². The molecule has 1 aromatic carbocycles. The summed E-state index contributed by atoms with van der Waals surface area (Å²) in [7, 11) is 2.01. The molecule has 1 aromatic heterocycles. The van der Waals surface area contributed by atoms with E-state index in [1.54, 1.807) is 0 Å². The van der Waals surface area contributed by atoms with Crippen LogP contribution in [0.15, 0.2) is 45.9 Å². The number of rotatable bonds is 7. The molecule has 1 N–H and O–H groups in total. The lowest BCUT2D eigenvalue weighted by Gasteiger charge is -2.18. The summed E-state index contributed by atoms with van der Waals surface area (Å²) in [6.45, 7) is 3.13. The molecule has 1 atom stereocenters. The average molecular weight is 354 g/mol. The number of hydrogen-bond acceptors (Lipinski definition) is 3. The molecule has 1 unspecified atom stereocenters. The van der Waals surface area contributed by atoms with Crippen molar-refractivity contribution in [1.82, 2.24) is 15.1 Å². The van der Waals surface area contributed by atoms with Gasteiger partial charge >= 0.3 is 0 Å². The molecule has 108 valence electrons. The quantitative estimate of drug-likeness (QED) is 0.759. The van der Waals surface area contributed by atoms with Crippen LogP contribution >= 0.6 is 27.7 Å². The summed E-state index contributed by atoms with van der Waals surface area (Å²) in [4.78, 5) is 1.30. The van der Waals surface area contributed by atoms with E-state index in [1.807, 2.05) is 31.1 Å². The first-order chi connectivity index (χ1) is 9.76. The first-order valence-corrected chi connectivity index (χ1v) is 8.60. The van der Waals surface area contributed by atoms with Gasteiger partial charge in [-0.25, -0.2) is 0 Å². The van der Waals surface area contributed by atoms with E-state index in [9.17, 15) is 0 Å². The molecule has 20 heavy (non-hydrogen) atoms. The zero-order valence-electron chi connectivity index (χ0n) is 11.8. The Morgan fingerprint density at radius 1 is 1.35 bits per heavy atom. The van der Waals surface area contributed by atoms with E-state index in [2.05, 4.69) is 62.2 Å². The Balaban J connectivity index is 2.10. The summed E-state index contributed by atoms with van der Waals surface area (Å²) in [5.74, 6) is 0.981. The number of nitrogens with zero attached hydrogens (tertiary/aromatic N) is 2. The van der Waals surface area contributed by atoms with Crippen molar-refractivity contribution in [2.45, 2.75) is 30.8 Å². The maximum Gasteiger partial charge on any atom is 0.0704 e. The summed E-state index contributed by atoms with van der Waals surface area (Å²) >= 11 is 5.48. The van der Waals surface area contributed by atoms with Crippen molar-refractivity contribution in [3.63, 3.8) is 0 Å². The van der Waals surface area contributed by atoms with Crippen molar-refractivity contribution < 1.29 is 0 Å². The highest BCUT2D eigenvalue weighted by Crippen LogP contribution is 2.29. The van der Waals surface area contributed by atoms with E-state index in [4.69, 9.17) is 0 Å². The van der Waals surface area contributed by atoms with Crippen molar-refractivity contribution in [1.29, 1.82) is 0 Å². The molecule has 0 aliphatic heterocycles. The highest BCUT2D eigenvalue weighted by atomic mass is 79.9. The van der Waals surface area contributed by atoms with Gasteiger partial charge in [-0.2, -0.15) is 5.10 Å². The second kappa shape index (κ2) is 7.86. The maximum atomic E-state index is 4.45. The highest BCUT2D eigenvalue weighted by molar-refractivity contribution is 9.10. The van der Waals surface area contributed by atoms with Gasteiger partial charge in [0, 0.05) is 17.2 Å². The molecule has 0 saturated carbocycles. The number of benzene rings is 1. The monoisotopic (exact) mass is 353 g/mol. The van der Waals surface area contributed by atoms with E-state index in [0.717, 1.165) is 23.2 Å². The molecule has 0 bridgehead atoms. The third-order valence-electron chi connectivity index (χ3n) is 3.11. The molecule has 1 heterocycles. The Hall–Kier alpha value is -0.780. The van der Waals surface area contributed by atoms with Crippen molar-refractivity contribution >= 4 is 27.7 Å². The number of hydrogen-bond donors (Lipinski definition) is 1. The van der Waals surface area contributed by atoms with Gasteiger partial charge in [0.2, 0.25) is 0 Å². The lowest BCUT2D eigenvalue weighted by Crippen LogP contribution is -2.23. The molecule has 0 aliphatic rings. The predicted molar refractivity (Wildman–Crippen MR) is 89.2 cm³/mol. The summed E-state index contributed by atoms with van der Waals surface area (Å²) in [6, 6.07) is 10.8. The summed E-state index contributed by atoms with van der Waals surface area (Å²) in [5, 5.41) is 7.85. The summed E-state index contributed by atoms with van der Waals surface area (Å²) < 4.78 is 3.18. The molecule has 0 radical (unpaired) electrons. The Morgan fingerprint density at radius 2 is 2.10 bits per heavy atom. The van der Waals surface area contributed by atoms with Crippen molar-refractivity contribution in [3.8, 4) is 0 Å². The zero-order valence-corrected chi connectivity index (χ0v) is 14.2. The van der Waals surface area contributed by atoms with Crippen LogP contribution in [0.2, 0.25) is 0 Å². The van der Waals surface area contributed by atoms with Crippen LogP contribution in [0, 0.1) is 0 Å². The van der Waals surface area contributed by atoms with Crippen LogP contribution in [-0.4, -0.2) is 22.6 Å². The fraction of sp³-hybridized carbons (Fsp3) is 0.400. The van der Waals surface area contributed by atoms with Gasteiger partial charge in [0.05, 0.1) is 22.4 Å². The second-order valence-electron chi connectivity index (χ2n) is 4.57. The number of halogens is 1. The van der Waals surface area contributed by atoms with Crippen LogP contribution in [0.3, 0.4) is 0 Å². The van der Waals surface area contributed by atoms with Gasteiger partial charge in [-0.05, 0) is 41.5 Å². The molecule has 0 aliphatic carbocycles. The third-order valence-corrected chi connectivity index (χ3v) is 4.82. The second-order valence-corrected chi connectivity index (χ2v) is 6.51. The minimum atomic E-state index is 0.281. The van der Waals surface area contributed by atoms with E-state index < -0.39 is 0 Å². The normalized spacial score (nSPS) is 12.6. The number of aryl methyl sites for hydroxylation is 1. The smallest absolute Gasteiger partial charge is 0.0704 e. The van der Waals surface area contributed by atoms with E-state index in [0.29, 0.717) is 0 Å². The van der Waals surface area contributed by atoms with Gasteiger partial charge in [-0.15, -0.1) is 11.8 Å². The predicted octanol–water partition coefficient (Wildman–Crippen LogP) is 4.11. The fourth-order valence-corrected chi connectivity index (χ4v) is 3.71. The van der Waals surface area contributed by atoms with Gasteiger partial charge < -0.3 is 5.32 Å². The van der Waals surface area contributed by atoms with Crippen LogP contribution in [-0.2, 0) is 6.54 Å². The molecule has 5 heteroatoms. The minimum Gasteiger partial charge on any atom is -0.311 e. The number of aromatic nitrogens is 2. The fourth-order valence-electron chi connectivity index (χ4n) is 2.10. The maximum absolute atomic E-state index is 4.45. The molecule has 0 saturated heterocycles. The van der Waals surface area contributed by atoms with E-state index in [-0.39, 0.29) is 6.04 Å². The Morgan fingerprint density at radius 3 is 2.75 bits per heavy atom. The average Bonchev–Trinajstić information content (AvgIpc) is 2.83. The van der Waals surface area contributed by atoms with Crippen LogP contribution in [0.1, 0.15) is 25.1 Å². The van der Waals surface area contributed by atoms with Crippen LogP contribution in [0.25, 0.3) is 0 Å². The van der Waals surface area contributed by atoms with Crippen molar-refractivity contribution in [2.75, 3.05) is 12.8 Å². The van der Waals surface area contributed by atoms with Crippen LogP contribution in [0.4, 0.5) is 0 Å². The Labute approximate surface area is 133 Å². The summed E-state index contributed by atoms with van der Waals surface area (Å²) in [6.07, 6.45) is 2.98. The van der Waals surface area contributed by atoms with Gasteiger partial charge in [0.1, 0.15) is 0 Å². The van der Waals surface area contributed by atoms with Gasteiger partial charge in [0.25, 0.3) is 0 Å². The lowest BCUT2D eigenvalue weighted by molar-refractivity contribution is 0.523. The number of thioether (sulfide) groups is 1. The van der Waals surface area contributed by atoms with Gasteiger partial charge in [-0.3, -0.25) is 4.68 Å². The molecular formula is C15H20BrN3S. The van der Waals surface area contributed by atoms with E-state index in [1.165, 1.54) is 10.6 Å². The molecule has 3 nitrogen and oxygen atoms in total. The van der Waals surface area contributed by atoms with E-state index >= 15 is 0 Å². The first-order valence-electron chi connectivity index (χ1n) is 6.82. The standard InChI is InChI=1S/C15H20BrN3S/c1-3-9-19-15(13(16)10-18-19)14(17-2)11-20-12-7-5-4-6-8-12/h4-8,10,14,17H,3,9,11H2,1-2H3. The lowest BCUT2D eigenvalue weighted by atomic mass is 10.2. The van der Waals surface area contributed by atoms with Crippen LogP contribution < -0.4 is 5.32 Å². The molecule has 2 aromatic rings. The van der Waals surface area contributed by atoms with Crippen LogP contribution in [0.5, 0.6) is 0 Å². The zero-order chi connectivity index (χ0) is 14.4. The molecule has 0 spiro atoms.